The van der Waals surface area contributed by atoms with E-state index < -0.39 is 5.97 Å². The van der Waals surface area contributed by atoms with Gasteiger partial charge in [-0.1, -0.05) is 12.1 Å². The summed E-state index contributed by atoms with van der Waals surface area (Å²) in [7, 11) is 0. The van der Waals surface area contributed by atoms with Crippen LogP contribution in [0.5, 0.6) is 11.5 Å². The second-order valence-electron chi connectivity index (χ2n) is 2.06. The van der Waals surface area contributed by atoms with Gasteiger partial charge >= 0.3 is 35.5 Å². The number of rotatable bonds is 1. The largest absolute Gasteiger partial charge is 1.00 e. The minimum atomic E-state index is -0.438. The summed E-state index contributed by atoms with van der Waals surface area (Å²) in [5, 5.41) is 9.08. The van der Waals surface area contributed by atoms with E-state index in [1.54, 1.807) is 12.1 Å². The molecule has 0 aliphatic rings. The summed E-state index contributed by atoms with van der Waals surface area (Å²) in [6.07, 6.45) is 0. The Morgan fingerprint density at radius 2 is 1.92 bits per heavy atom. The number of carbonyl (C=O) groups excluding carboxylic acids is 1. The minimum Gasteiger partial charge on any atom is -0.504 e. The van der Waals surface area contributed by atoms with Crippen LogP contribution < -0.4 is 34.3 Å². The monoisotopic (exact) mass is 186 g/mol. The number of phenolic OH excluding ortho intramolecular Hbond substituents is 1. The van der Waals surface area contributed by atoms with E-state index in [9.17, 15) is 4.79 Å². The molecule has 0 aliphatic carbocycles. The average Bonchev–Trinajstić information content (AvgIpc) is 1.93. The van der Waals surface area contributed by atoms with Gasteiger partial charge in [0.05, 0.1) is 0 Å². The molecule has 1 aromatic rings. The predicted molar refractivity (Wildman–Crippen MR) is 45.2 cm³/mol. The van der Waals surface area contributed by atoms with Crippen LogP contribution in [0.3, 0.4) is 0 Å². The van der Waals surface area contributed by atoms with Crippen LogP contribution in [0, 0.1) is 0 Å². The number of phenols is 1. The normalized spacial score (nSPS) is 7.77. The Hall–Kier alpha value is -0.445. The third kappa shape index (κ3) is 4.98. The summed E-state index contributed by atoms with van der Waals surface area (Å²) in [6.45, 7) is 1.28. The van der Waals surface area contributed by atoms with Gasteiger partial charge in [0.25, 0.3) is 0 Å². The van der Waals surface area contributed by atoms with Gasteiger partial charge in [-0.3, -0.25) is 4.79 Å². The summed E-state index contributed by atoms with van der Waals surface area (Å²) in [6, 6.07) is 6.31. The molecule has 0 aliphatic heterocycles. The molecule has 1 aromatic carbocycles. The second-order valence-corrected chi connectivity index (χ2v) is 2.06. The first-order valence-electron chi connectivity index (χ1n) is 3.16. The first-order valence-corrected chi connectivity index (χ1v) is 3.16. The maximum absolute atomic E-state index is 10.4. The standard InChI is InChI=1S/C8H8O3.B.Na/c1-6(9)11-8-5-3-2-4-7(8)10;;/h2-5,10H,1H3;;/q;;+1. The van der Waals surface area contributed by atoms with Crippen molar-refractivity contribution in [2.75, 3.05) is 0 Å². The Morgan fingerprint density at radius 1 is 1.38 bits per heavy atom. The van der Waals surface area contributed by atoms with E-state index in [2.05, 4.69) is 4.74 Å². The van der Waals surface area contributed by atoms with Crippen LogP contribution in [0.1, 0.15) is 6.92 Å². The van der Waals surface area contributed by atoms with Crippen molar-refractivity contribution >= 4 is 14.4 Å². The van der Waals surface area contributed by atoms with Gasteiger partial charge in [-0.05, 0) is 12.1 Å². The molecule has 0 aromatic heterocycles. The molecule has 61 valence electrons. The maximum Gasteiger partial charge on any atom is 1.00 e. The van der Waals surface area contributed by atoms with Gasteiger partial charge in [0, 0.05) is 15.3 Å². The van der Waals surface area contributed by atoms with Gasteiger partial charge in [0.2, 0.25) is 0 Å². The van der Waals surface area contributed by atoms with Crippen LogP contribution in [0.4, 0.5) is 0 Å². The summed E-state index contributed by atoms with van der Waals surface area (Å²) in [4.78, 5) is 10.4. The Kier molecular flexibility index (Phi) is 8.11. The number of hydrogen-bond acceptors (Lipinski definition) is 3. The van der Waals surface area contributed by atoms with Crippen LogP contribution in [-0.4, -0.2) is 19.5 Å². The third-order valence-corrected chi connectivity index (χ3v) is 1.12. The van der Waals surface area contributed by atoms with Crippen LogP contribution >= 0.6 is 0 Å². The Balaban J connectivity index is 0. The van der Waals surface area contributed by atoms with Gasteiger partial charge in [0.1, 0.15) is 0 Å². The molecule has 0 spiro atoms. The minimum absolute atomic E-state index is 0. The molecule has 1 N–H and O–H groups in total. The van der Waals surface area contributed by atoms with Crippen LogP contribution in [0.15, 0.2) is 24.3 Å². The SMILES string of the molecule is CC(=O)Oc1ccccc1O.[B].[Na+]. The predicted octanol–water partition coefficient (Wildman–Crippen LogP) is -2.06. The number of esters is 1. The molecule has 0 saturated carbocycles. The number of aromatic hydroxyl groups is 1. The Morgan fingerprint density at radius 3 is 2.38 bits per heavy atom. The van der Waals surface area contributed by atoms with Crippen LogP contribution in [0.25, 0.3) is 0 Å². The van der Waals surface area contributed by atoms with E-state index in [-0.39, 0.29) is 49.5 Å². The zero-order valence-electron chi connectivity index (χ0n) is 7.65. The van der Waals surface area contributed by atoms with Gasteiger partial charge < -0.3 is 9.84 Å². The molecule has 0 amide bonds. The summed E-state index contributed by atoms with van der Waals surface area (Å²) in [5.74, 6) is -0.269. The fourth-order valence-electron chi connectivity index (χ4n) is 0.698. The summed E-state index contributed by atoms with van der Waals surface area (Å²) in [5.41, 5.74) is 0. The molecule has 3 radical (unpaired) electrons. The maximum atomic E-state index is 10.4. The third-order valence-electron chi connectivity index (χ3n) is 1.12. The topological polar surface area (TPSA) is 46.5 Å². The Bertz CT molecular complexity index is 278. The van der Waals surface area contributed by atoms with E-state index in [0.717, 1.165) is 0 Å². The molecule has 1 rings (SSSR count). The number of carbonyl (C=O) groups is 1. The number of benzene rings is 1. The van der Waals surface area contributed by atoms with Crippen molar-refractivity contribution in [3.05, 3.63) is 24.3 Å². The van der Waals surface area contributed by atoms with Gasteiger partial charge in [-0.15, -0.1) is 0 Å². The molecule has 5 heteroatoms. The quantitative estimate of drug-likeness (QED) is 0.311. The van der Waals surface area contributed by atoms with Crippen molar-refractivity contribution in [2.45, 2.75) is 6.92 Å². The molecule has 3 nitrogen and oxygen atoms in total. The van der Waals surface area contributed by atoms with E-state index in [0.29, 0.717) is 0 Å². The van der Waals surface area contributed by atoms with Crippen molar-refractivity contribution in [2.24, 2.45) is 0 Å². The first kappa shape index (κ1) is 15.0. The van der Waals surface area contributed by atoms with Gasteiger partial charge in [-0.2, -0.15) is 0 Å². The zero-order valence-corrected chi connectivity index (χ0v) is 9.65. The second kappa shape index (κ2) is 7.01. The molecule has 0 fully saturated rings. The molecular formula is C8H8BNaO3+. The average molecular weight is 186 g/mol. The molecular weight excluding hydrogens is 178 g/mol. The number of ether oxygens (including phenoxy) is 1. The van der Waals surface area contributed by atoms with Crippen molar-refractivity contribution in [1.82, 2.24) is 0 Å². The molecule has 0 unspecified atom stereocenters. The molecule has 0 saturated heterocycles. The van der Waals surface area contributed by atoms with E-state index in [1.165, 1.54) is 19.1 Å². The molecule has 0 bridgehead atoms. The molecule has 0 atom stereocenters. The summed E-state index contributed by atoms with van der Waals surface area (Å²) < 4.78 is 4.66. The molecule has 13 heavy (non-hydrogen) atoms. The van der Waals surface area contributed by atoms with E-state index in [4.69, 9.17) is 5.11 Å². The first-order chi connectivity index (χ1) is 5.20. The van der Waals surface area contributed by atoms with Crippen LogP contribution in [0.2, 0.25) is 0 Å². The number of hydrogen-bond donors (Lipinski definition) is 1. The fraction of sp³-hybridized carbons (Fsp3) is 0.125. The van der Waals surface area contributed by atoms with Crippen molar-refractivity contribution in [3.63, 3.8) is 0 Å². The van der Waals surface area contributed by atoms with Gasteiger partial charge in [0.15, 0.2) is 11.5 Å². The fourth-order valence-corrected chi connectivity index (χ4v) is 0.698. The molecule has 0 heterocycles. The van der Waals surface area contributed by atoms with Gasteiger partial charge in [-0.25, -0.2) is 0 Å². The zero-order chi connectivity index (χ0) is 8.27. The van der Waals surface area contributed by atoms with E-state index >= 15 is 0 Å². The summed E-state index contributed by atoms with van der Waals surface area (Å²) >= 11 is 0. The van der Waals surface area contributed by atoms with Crippen molar-refractivity contribution in [3.8, 4) is 11.5 Å². The Labute approximate surface area is 101 Å². The van der Waals surface area contributed by atoms with E-state index in [1.807, 2.05) is 0 Å². The smallest absolute Gasteiger partial charge is 0.504 e. The van der Waals surface area contributed by atoms with Crippen LogP contribution in [-0.2, 0) is 4.79 Å². The van der Waals surface area contributed by atoms with Crippen molar-refractivity contribution in [1.29, 1.82) is 0 Å². The number of para-hydroxylation sites is 2. The van der Waals surface area contributed by atoms with Crippen molar-refractivity contribution < 1.29 is 44.2 Å².